The molecule has 2 heterocycles. The Morgan fingerprint density at radius 1 is 1.08 bits per heavy atom. The number of nitrogens with one attached hydrogen (secondary N) is 1. The van der Waals surface area contributed by atoms with Gasteiger partial charge >= 0.3 is 0 Å². The van der Waals surface area contributed by atoms with Crippen LogP contribution in [-0.2, 0) is 4.79 Å². The van der Waals surface area contributed by atoms with Gasteiger partial charge in [0.25, 0.3) is 5.91 Å². The number of anilines is 2. The Morgan fingerprint density at radius 3 is 2.46 bits per heavy atom. The maximum Gasteiger partial charge on any atom is 0.263 e. The second-order valence-corrected chi connectivity index (χ2v) is 6.29. The lowest BCUT2D eigenvalue weighted by atomic mass is 10.2. The van der Waals surface area contributed by atoms with Crippen molar-refractivity contribution in [2.24, 2.45) is 0 Å². The highest BCUT2D eigenvalue weighted by Crippen LogP contribution is 2.25. The van der Waals surface area contributed by atoms with Crippen LogP contribution in [-0.4, -0.2) is 37.7 Å². The number of benzene rings is 1. The van der Waals surface area contributed by atoms with E-state index in [0.717, 1.165) is 18.8 Å². The van der Waals surface area contributed by atoms with Crippen molar-refractivity contribution in [3.05, 3.63) is 42.6 Å². The molecule has 3 rings (SSSR count). The second-order valence-electron chi connectivity index (χ2n) is 6.29. The van der Waals surface area contributed by atoms with E-state index in [1.165, 1.54) is 25.7 Å². The van der Waals surface area contributed by atoms with Gasteiger partial charge in [-0.05, 0) is 37.1 Å². The highest BCUT2D eigenvalue weighted by Gasteiger charge is 2.11. The molecule has 1 aromatic heterocycles. The van der Waals surface area contributed by atoms with Gasteiger partial charge in [0, 0.05) is 13.1 Å². The lowest BCUT2D eigenvalue weighted by Crippen LogP contribution is -2.24. The van der Waals surface area contributed by atoms with Gasteiger partial charge in [-0.15, -0.1) is 0 Å². The molecule has 1 N–H and O–H groups in total. The fourth-order valence-electron chi connectivity index (χ4n) is 3.04. The quantitative estimate of drug-likeness (QED) is 0.859. The zero-order chi connectivity index (χ0) is 18.2. The van der Waals surface area contributed by atoms with Gasteiger partial charge in [-0.2, -0.15) is 0 Å². The number of rotatable bonds is 6. The molecule has 0 radical (unpaired) electrons. The normalized spacial score (nSPS) is 14.4. The van der Waals surface area contributed by atoms with Crippen molar-refractivity contribution in [3.63, 3.8) is 0 Å². The van der Waals surface area contributed by atoms with Crippen molar-refractivity contribution < 1.29 is 14.3 Å². The lowest BCUT2D eigenvalue weighted by molar-refractivity contribution is -0.118. The van der Waals surface area contributed by atoms with Gasteiger partial charge in [-0.3, -0.25) is 4.79 Å². The molecule has 1 aliphatic rings. The van der Waals surface area contributed by atoms with Gasteiger partial charge in [-0.25, -0.2) is 4.98 Å². The van der Waals surface area contributed by atoms with E-state index in [9.17, 15) is 4.79 Å². The van der Waals surface area contributed by atoms with Crippen molar-refractivity contribution in [1.29, 1.82) is 0 Å². The van der Waals surface area contributed by atoms with Crippen LogP contribution in [0.1, 0.15) is 25.7 Å². The number of ether oxygens (including phenoxy) is 2. The molecule has 26 heavy (non-hydrogen) atoms. The molecule has 1 amide bonds. The summed E-state index contributed by atoms with van der Waals surface area (Å²) in [5.41, 5.74) is 1.11. The number of carbonyl (C=O) groups is 1. The van der Waals surface area contributed by atoms with E-state index in [1.807, 2.05) is 30.5 Å². The van der Waals surface area contributed by atoms with Crippen LogP contribution < -0.4 is 19.7 Å². The van der Waals surface area contributed by atoms with Crippen LogP contribution in [0.15, 0.2) is 42.6 Å². The third kappa shape index (κ3) is 4.88. The van der Waals surface area contributed by atoms with Gasteiger partial charge < -0.3 is 19.7 Å². The maximum absolute atomic E-state index is 12.1. The molecule has 6 heteroatoms. The van der Waals surface area contributed by atoms with Crippen molar-refractivity contribution >= 4 is 17.4 Å². The van der Waals surface area contributed by atoms with E-state index in [4.69, 9.17) is 9.47 Å². The topological polar surface area (TPSA) is 63.7 Å². The number of hydrogen-bond acceptors (Lipinski definition) is 5. The molecule has 0 unspecified atom stereocenters. The summed E-state index contributed by atoms with van der Waals surface area (Å²) < 4.78 is 10.7. The Bertz CT molecular complexity index is 710. The van der Waals surface area contributed by atoms with Crippen LogP contribution in [0.5, 0.6) is 11.5 Å². The molecular formula is C20H25N3O3. The van der Waals surface area contributed by atoms with E-state index in [2.05, 4.69) is 15.2 Å². The Kier molecular flexibility index (Phi) is 6.30. The molecule has 0 aliphatic carbocycles. The Morgan fingerprint density at radius 2 is 1.81 bits per heavy atom. The highest BCUT2D eigenvalue weighted by atomic mass is 16.5. The first-order chi connectivity index (χ1) is 12.8. The van der Waals surface area contributed by atoms with E-state index in [0.29, 0.717) is 17.3 Å². The monoisotopic (exact) mass is 355 g/mol. The minimum Gasteiger partial charge on any atom is -0.493 e. The van der Waals surface area contributed by atoms with Crippen molar-refractivity contribution in [1.82, 2.24) is 4.98 Å². The first kappa shape index (κ1) is 18.0. The predicted molar refractivity (Wildman–Crippen MR) is 102 cm³/mol. The largest absolute Gasteiger partial charge is 0.493 e. The summed E-state index contributed by atoms with van der Waals surface area (Å²) in [6.07, 6.45) is 6.86. The molecule has 0 atom stereocenters. The molecule has 1 fully saturated rings. The molecule has 0 bridgehead atoms. The van der Waals surface area contributed by atoms with Crippen LogP contribution in [0, 0.1) is 0 Å². The number of pyridine rings is 1. The summed E-state index contributed by atoms with van der Waals surface area (Å²) in [6, 6.07) is 11.1. The zero-order valence-electron chi connectivity index (χ0n) is 15.1. The summed E-state index contributed by atoms with van der Waals surface area (Å²) in [7, 11) is 1.57. The van der Waals surface area contributed by atoms with Crippen molar-refractivity contribution in [3.8, 4) is 11.5 Å². The lowest BCUT2D eigenvalue weighted by Gasteiger charge is -2.22. The van der Waals surface area contributed by atoms with Gasteiger partial charge in [0.05, 0.1) is 19.0 Å². The van der Waals surface area contributed by atoms with E-state index in [1.54, 1.807) is 19.2 Å². The number of carbonyl (C=O) groups excluding carboxylic acids is 1. The van der Waals surface area contributed by atoms with E-state index in [-0.39, 0.29) is 12.5 Å². The summed E-state index contributed by atoms with van der Waals surface area (Å²) in [4.78, 5) is 18.8. The Balaban J connectivity index is 1.52. The summed E-state index contributed by atoms with van der Waals surface area (Å²) in [5, 5.41) is 2.76. The zero-order valence-corrected chi connectivity index (χ0v) is 15.1. The molecule has 2 aromatic rings. The fraction of sp³-hybridized carbons (Fsp3) is 0.400. The second kappa shape index (κ2) is 9.08. The minimum atomic E-state index is -0.258. The van der Waals surface area contributed by atoms with Crippen molar-refractivity contribution in [2.45, 2.75) is 25.7 Å². The number of para-hydroxylation sites is 2. The third-order valence-corrected chi connectivity index (χ3v) is 4.41. The van der Waals surface area contributed by atoms with Crippen LogP contribution in [0.4, 0.5) is 11.5 Å². The average molecular weight is 355 g/mol. The number of aromatic nitrogens is 1. The standard InChI is InChI=1S/C20H25N3O3/c1-25-17-8-4-5-9-18(17)26-15-20(24)22-19-11-10-16(14-21-19)23-12-6-2-3-7-13-23/h4-5,8-11,14H,2-3,6-7,12-13,15H2,1H3,(H,21,22,24). The fourth-order valence-corrected chi connectivity index (χ4v) is 3.04. The minimum absolute atomic E-state index is 0.101. The van der Waals surface area contributed by atoms with Gasteiger partial charge in [0.15, 0.2) is 18.1 Å². The molecule has 1 aromatic carbocycles. The van der Waals surface area contributed by atoms with E-state index >= 15 is 0 Å². The first-order valence-corrected chi connectivity index (χ1v) is 9.03. The molecule has 1 aliphatic heterocycles. The Hall–Kier alpha value is -2.76. The van der Waals surface area contributed by atoms with Gasteiger partial charge in [0.1, 0.15) is 5.82 Å². The third-order valence-electron chi connectivity index (χ3n) is 4.41. The predicted octanol–water partition coefficient (Wildman–Crippen LogP) is 3.49. The number of methoxy groups -OCH3 is 1. The van der Waals surface area contributed by atoms with Crippen LogP contribution in [0.2, 0.25) is 0 Å². The first-order valence-electron chi connectivity index (χ1n) is 9.03. The summed E-state index contributed by atoms with van der Waals surface area (Å²) >= 11 is 0. The highest BCUT2D eigenvalue weighted by molar-refractivity contribution is 5.91. The molecule has 6 nitrogen and oxygen atoms in total. The molecular weight excluding hydrogens is 330 g/mol. The van der Waals surface area contributed by atoms with E-state index < -0.39 is 0 Å². The molecule has 0 spiro atoms. The van der Waals surface area contributed by atoms with Gasteiger partial charge in [0.2, 0.25) is 0 Å². The van der Waals surface area contributed by atoms with Crippen LogP contribution >= 0.6 is 0 Å². The maximum atomic E-state index is 12.1. The van der Waals surface area contributed by atoms with Crippen molar-refractivity contribution in [2.75, 3.05) is 37.0 Å². The summed E-state index contributed by atoms with van der Waals surface area (Å²) in [6.45, 7) is 2.04. The van der Waals surface area contributed by atoms with Crippen LogP contribution in [0.3, 0.4) is 0 Å². The number of nitrogens with zero attached hydrogens (tertiary/aromatic N) is 2. The van der Waals surface area contributed by atoms with Crippen LogP contribution in [0.25, 0.3) is 0 Å². The molecule has 138 valence electrons. The SMILES string of the molecule is COc1ccccc1OCC(=O)Nc1ccc(N2CCCCCC2)cn1. The molecule has 1 saturated heterocycles. The summed E-state index contributed by atoms with van der Waals surface area (Å²) in [5.74, 6) is 1.40. The number of hydrogen-bond donors (Lipinski definition) is 1. The smallest absolute Gasteiger partial charge is 0.263 e. The Labute approximate surface area is 154 Å². The average Bonchev–Trinajstić information content (AvgIpc) is 2.97. The molecule has 0 saturated carbocycles. The van der Waals surface area contributed by atoms with Gasteiger partial charge in [-0.1, -0.05) is 25.0 Å². The number of amides is 1.